The number of aromatic nitrogens is 1. The molecule has 0 aliphatic carbocycles. The molecule has 3 aromatic rings. The number of carbonyl (C=O) groups excluding carboxylic acids is 1. The topological polar surface area (TPSA) is 54.3 Å². The number of aryl methyl sites for hydroxylation is 1. The Bertz CT molecular complexity index is 1050. The van der Waals surface area contributed by atoms with E-state index < -0.39 is 0 Å². The minimum absolute atomic E-state index is 0.00263. The zero-order valence-electron chi connectivity index (χ0n) is 16.3. The fraction of sp³-hybridized carbons (Fsp3) is 0.364. The number of fused-ring (bicyclic) bond motifs is 1. The first-order chi connectivity index (χ1) is 13.5. The number of hydrogen-bond acceptors (Lipinski definition) is 4. The van der Waals surface area contributed by atoms with E-state index in [0.717, 1.165) is 35.8 Å². The second-order valence-electron chi connectivity index (χ2n) is 7.74. The number of likely N-dealkylation sites (tertiary alicyclic amines) is 1. The van der Waals surface area contributed by atoms with E-state index in [-0.39, 0.29) is 10.8 Å². The lowest BCUT2D eigenvalue weighted by Gasteiger charge is -2.30. The zero-order chi connectivity index (χ0) is 19.7. The number of anilines is 1. The molecule has 1 saturated heterocycles. The predicted molar refractivity (Wildman–Crippen MR) is 115 cm³/mol. The maximum Gasteiger partial charge on any atom is 0.307 e. The molecule has 28 heavy (non-hydrogen) atoms. The normalized spacial score (nSPS) is 17.7. The number of nitrogens with zero attached hydrogens (tertiary/aromatic N) is 2. The number of benzene rings is 2. The molecule has 0 unspecified atom stereocenters. The van der Waals surface area contributed by atoms with Crippen LogP contribution in [0.5, 0.6) is 0 Å². The van der Waals surface area contributed by atoms with Gasteiger partial charge in [-0.05, 0) is 61.2 Å². The van der Waals surface area contributed by atoms with Crippen LogP contribution in [0.1, 0.15) is 35.7 Å². The Morgan fingerprint density at radius 1 is 1.21 bits per heavy atom. The largest absolute Gasteiger partial charge is 0.322 e. The van der Waals surface area contributed by atoms with Crippen molar-refractivity contribution in [3.05, 3.63) is 63.3 Å². The van der Waals surface area contributed by atoms with Crippen molar-refractivity contribution in [3.63, 3.8) is 0 Å². The molecule has 1 N–H and O–H groups in total. The number of nitrogens with one attached hydrogen (secondary N) is 1. The van der Waals surface area contributed by atoms with Gasteiger partial charge in [0.2, 0.25) is 0 Å². The van der Waals surface area contributed by atoms with Crippen molar-refractivity contribution in [2.45, 2.75) is 26.3 Å². The number of carbonyl (C=O) groups is 1. The number of amides is 1. The molecule has 0 bridgehead atoms. The first-order valence-electron chi connectivity index (χ1n) is 9.72. The quantitative estimate of drug-likeness (QED) is 0.724. The molecule has 0 saturated carbocycles. The molecule has 2 heterocycles. The molecule has 6 heteroatoms. The highest BCUT2D eigenvalue weighted by atomic mass is 32.1. The lowest BCUT2D eigenvalue weighted by molar-refractivity contribution is 0.102. The second-order valence-corrected chi connectivity index (χ2v) is 8.74. The molecule has 5 nitrogen and oxygen atoms in total. The van der Waals surface area contributed by atoms with E-state index in [9.17, 15) is 9.59 Å². The Morgan fingerprint density at radius 3 is 2.75 bits per heavy atom. The third kappa shape index (κ3) is 4.03. The molecule has 0 spiro atoms. The van der Waals surface area contributed by atoms with Crippen LogP contribution in [0.2, 0.25) is 0 Å². The fourth-order valence-electron chi connectivity index (χ4n) is 3.86. The van der Waals surface area contributed by atoms with Gasteiger partial charge in [0, 0.05) is 31.4 Å². The van der Waals surface area contributed by atoms with Crippen molar-refractivity contribution in [2.24, 2.45) is 13.0 Å². The van der Waals surface area contributed by atoms with Gasteiger partial charge in [-0.1, -0.05) is 30.4 Å². The van der Waals surface area contributed by atoms with Crippen molar-refractivity contribution >= 4 is 33.1 Å². The lowest BCUT2D eigenvalue weighted by Crippen LogP contribution is -2.33. The van der Waals surface area contributed by atoms with Gasteiger partial charge < -0.3 is 9.88 Å². The SMILES string of the molecule is C[C@H]1CCCN(Cc2ccc(C(=O)Nc3ccc4c(c3)sc(=O)n4C)cc2)C1. The van der Waals surface area contributed by atoms with Crippen LogP contribution in [-0.4, -0.2) is 28.5 Å². The number of rotatable bonds is 4. The van der Waals surface area contributed by atoms with Crippen molar-refractivity contribution in [2.75, 3.05) is 18.4 Å². The van der Waals surface area contributed by atoms with Crippen LogP contribution in [0.25, 0.3) is 10.2 Å². The van der Waals surface area contributed by atoms with Gasteiger partial charge in [-0.25, -0.2) is 0 Å². The summed E-state index contributed by atoms with van der Waals surface area (Å²) in [5.41, 5.74) is 3.45. The van der Waals surface area contributed by atoms with Crippen LogP contribution >= 0.6 is 11.3 Å². The third-order valence-corrected chi connectivity index (χ3v) is 6.41. The minimum atomic E-state index is -0.138. The number of piperidine rings is 1. The van der Waals surface area contributed by atoms with Gasteiger partial charge in [-0.15, -0.1) is 0 Å². The van der Waals surface area contributed by atoms with Crippen LogP contribution in [0.4, 0.5) is 5.69 Å². The third-order valence-electron chi connectivity index (χ3n) is 5.41. The average Bonchev–Trinajstić information content (AvgIpc) is 2.96. The predicted octanol–water partition coefficient (Wildman–Crippen LogP) is 4.08. The second kappa shape index (κ2) is 7.89. The molecular formula is C22H25N3O2S. The first-order valence-corrected chi connectivity index (χ1v) is 10.5. The summed E-state index contributed by atoms with van der Waals surface area (Å²) in [6.07, 6.45) is 2.59. The molecule has 1 fully saturated rings. The van der Waals surface area contributed by atoms with Crippen LogP contribution in [-0.2, 0) is 13.6 Å². The van der Waals surface area contributed by atoms with Crippen LogP contribution in [0.3, 0.4) is 0 Å². The van der Waals surface area contributed by atoms with E-state index in [1.807, 2.05) is 42.5 Å². The van der Waals surface area contributed by atoms with Crippen molar-refractivity contribution in [1.82, 2.24) is 9.47 Å². The Kier molecular flexibility index (Phi) is 5.33. The smallest absolute Gasteiger partial charge is 0.307 e. The maximum atomic E-state index is 12.6. The zero-order valence-corrected chi connectivity index (χ0v) is 17.1. The highest BCUT2D eigenvalue weighted by molar-refractivity contribution is 7.16. The van der Waals surface area contributed by atoms with Gasteiger partial charge in [-0.2, -0.15) is 0 Å². The van der Waals surface area contributed by atoms with Gasteiger partial charge >= 0.3 is 4.87 Å². The Morgan fingerprint density at radius 2 is 2.00 bits per heavy atom. The number of thiazole rings is 1. The van der Waals surface area contributed by atoms with Gasteiger partial charge in [-0.3, -0.25) is 14.5 Å². The Labute approximate surface area is 168 Å². The molecule has 0 radical (unpaired) electrons. The summed E-state index contributed by atoms with van der Waals surface area (Å²) in [5.74, 6) is 0.625. The highest BCUT2D eigenvalue weighted by Gasteiger charge is 2.16. The van der Waals surface area contributed by atoms with Gasteiger partial charge in [0.05, 0.1) is 10.2 Å². The summed E-state index contributed by atoms with van der Waals surface area (Å²) < 4.78 is 2.49. The van der Waals surface area contributed by atoms with E-state index >= 15 is 0 Å². The minimum Gasteiger partial charge on any atom is -0.322 e. The summed E-state index contributed by atoms with van der Waals surface area (Å²) in [5, 5.41) is 2.93. The molecule has 4 rings (SSSR count). The lowest BCUT2D eigenvalue weighted by atomic mass is 9.99. The summed E-state index contributed by atoms with van der Waals surface area (Å²) in [7, 11) is 1.76. The van der Waals surface area contributed by atoms with E-state index in [1.54, 1.807) is 11.6 Å². The van der Waals surface area contributed by atoms with E-state index in [0.29, 0.717) is 11.3 Å². The van der Waals surface area contributed by atoms with Gasteiger partial charge in [0.25, 0.3) is 5.91 Å². The average molecular weight is 396 g/mol. The van der Waals surface area contributed by atoms with E-state index in [4.69, 9.17) is 0 Å². The van der Waals surface area contributed by atoms with Crippen LogP contribution in [0, 0.1) is 5.92 Å². The van der Waals surface area contributed by atoms with Gasteiger partial charge in [0.1, 0.15) is 0 Å². The Balaban J connectivity index is 1.42. The van der Waals surface area contributed by atoms with Crippen LogP contribution in [0.15, 0.2) is 47.3 Å². The molecule has 1 aliphatic heterocycles. The molecule has 146 valence electrons. The summed E-state index contributed by atoms with van der Waals surface area (Å²) in [6, 6.07) is 13.4. The maximum absolute atomic E-state index is 12.6. The molecular weight excluding hydrogens is 370 g/mol. The Hall–Kier alpha value is -2.44. The highest BCUT2D eigenvalue weighted by Crippen LogP contribution is 2.22. The van der Waals surface area contributed by atoms with Crippen LogP contribution < -0.4 is 10.2 Å². The number of hydrogen-bond donors (Lipinski definition) is 1. The fourth-order valence-corrected chi connectivity index (χ4v) is 4.78. The first kappa shape index (κ1) is 18.9. The summed E-state index contributed by atoms with van der Waals surface area (Å²) >= 11 is 1.19. The van der Waals surface area contributed by atoms with Crippen molar-refractivity contribution < 1.29 is 4.79 Å². The molecule has 1 atom stereocenters. The van der Waals surface area contributed by atoms with E-state index in [2.05, 4.69) is 17.1 Å². The molecule has 1 amide bonds. The monoisotopic (exact) mass is 395 g/mol. The van der Waals surface area contributed by atoms with E-state index in [1.165, 1.54) is 29.7 Å². The molecule has 2 aromatic carbocycles. The molecule has 1 aromatic heterocycles. The standard InChI is InChI=1S/C22H25N3O2S/c1-15-4-3-11-25(13-15)14-16-5-7-17(8-6-16)21(26)23-18-9-10-19-20(12-18)28-22(27)24(19)2/h5-10,12,15H,3-4,11,13-14H2,1-2H3,(H,23,26)/t15-/m0/s1. The summed E-state index contributed by atoms with van der Waals surface area (Å²) in [4.78, 5) is 26.8. The van der Waals surface area contributed by atoms with Gasteiger partial charge in [0.15, 0.2) is 0 Å². The van der Waals surface area contributed by atoms with Crippen molar-refractivity contribution in [1.29, 1.82) is 0 Å². The summed E-state index contributed by atoms with van der Waals surface area (Å²) in [6.45, 7) is 5.55. The molecule has 1 aliphatic rings. The van der Waals surface area contributed by atoms with Crippen molar-refractivity contribution in [3.8, 4) is 0 Å².